The Labute approximate surface area is 83.6 Å². The van der Waals surface area contributed by atoms with Crippen molar-refractivity contribution in [2.24, 2.45) is 5.92 Å². The molecular formula is C12H14O2. The van der Waals surface area contributed by atoms with Crippen molar-refractivity contribution in [3.8, 4) is 0 Å². The van der Waals surface area contributed by atoms with Gasteiger partial charge >= 0.3 is 0 Å². The minimum absolute atomic E-state index is 0.105. The number of hydrogen-bond donors (Lipinski definition) is 1. The van der Waals surface area contributed by atoms with Crippen molar-refractivity contribution < 1.29 is 9.90 Å². The molecule has 2 atom stereocenters. The number of ketones is 1. The molecule has 2 unspecified atom stereocenters. The molecule has 2 rings (SSSR count). The summed E-state index contributed by atoms with van der Waals surface area (Å²) in [5.41, 5.74) is 1.96. The third-order valence-corrected chi connectivity index (χ3v) is 2.88. The Morgan fingerprint density at radius 2 is 2.36 bits per heavy atom. The second-order valence-electron chi connectivity index (χ2n) is 3.97. The van der Waals surface area contributed by atoms with E-state index in [1.807, 2.05) is 24.3 Å². The molecule has 0 radical (unpaired) electrons. The van der Waals surface area contributed by atoms with Crippen molar-refractivity contribution in [1.29, 1.82) is 0 Å². The van der Waals surface area contributed by atoms with Crippen LogP contribution in [0.3, 0.4) is 0 Å². The zero-order chi connectivity index (χ0) is 10.1. The average Bonchev–Trinajstić information content (AvgIpc) is 2.97. The van der Waals surface area contributed by atoms with E-state index in [1.165, 1.54) is 5.56 Å². The number of carbonyl (C=O) groups is 1. The first-order valence-electron chi connectivity index (χ1n) is 4.94. The predicted octanol–water partition coefficient (Wildman–Crippen LogP) is 1.98. The SMILES string of the molecule is CC(=O)c1cccc(C2CC2CO)c1. The molecule has 74 valence electrons. The van der Waals surface area contributed by atoms with Gasteiger partial charge in [-0.2, -0.15) is 0 Å². The van der Waals surface area contributed by atoms with Crippen LogP contribution >= 0.6 is 0 Å². The lowest BCUT2D eigenvalue weighted by atomic mass is 10.0. The Hall–Kier alpha value is -1.15. The van der Waals surface area contributed by atoms with E-state index in [-0.39, 0.29) is 12.4 Å². The van der Waals surface area contributed by atoms with Gasteiger partial charge < -0.3 is 5.11 Å². The number of aliphatic hydroxyl groups excluding tert-OH is 1. The van der Waals surface area contributed by atoms with E-state index in [2.05, 4.69) is 0 Å². The first kappa shape index (κ1) is 9.41. The van der Waals surface area contributed by atoms with Gasteiger partial charge in [0.15, 0.2) is 5.78 Å². The molecule has 0 aromatic heterocycles. The first-order valence-corrected chi connectivity index (χ1v) is 4.94. The number of carbonyl (C=O) groups excluding carboxylic acids is 1. The fourth-order valence-electron chi connectivity index (χ4n) is 1.85. The van der Waals surface area contributed by atoms with Crippen LogP contribution in [0.1, 0.15) is 35.2 Å². The van der Waals surface area contributed by atoms with Crippen LogP contribution in [0.2, 0.25) is 0 Å². The van der Waals surface area contributed by atoms with Crippen molar-refractivity contribution in [3.05, 3.63) is 35.4 Å². The van der Waals surface area contributed by atoms with Gasteiger partial charge in [-0.1, -0.05) is 18.2 Å². The van der Waals surface area contributed by atoms with Gasteiger partial charge in [0.25, 0.3) is 0 Å². The number of benzene rings is 1. The van der Waals surface area contributed by atoms with Crippen molar-refractivity contribution in [3.63, 3.8) is 0 Å². The molecular weight excluding hydrogens is 176 g/mol. The summed E-state index contributed by atoms with van der Waals surface area (Å²) in [6.07, 6.45) is 1.05. The number of Topliss-reactive ketones (excluding diaryl/α,β-unsaturated/α-hetero) is 1. The molecule has 0 spiro atoms. The summed E-state index contributed by atoms with van der Waals surface area (Å²) < 4.78 is 0. The standard InChI is InChI=1S/C12H14O2/c1-8(14)9-3-2-4-10(5-9)12-6-11(12)7-13/h2-5,11-13H,6-7H2,1H3. The van der Waals surface area contributed by atoms with E-state index in [4.69, 9.17) is 5.11 Å². The molecule has 0 heterocycles. The Morgan fingerprint density at radius 3 is 2.93 bits per heavy atom. The van der Waals surface area contributed by atoms with Gasteiger partial charge in [0.2, 0.25) is 0 Å². The van der Waals surface area contributed by atoms with Gasteiger partial charge in [0.1, 0.15) is 0 Å². The smallest absolute Gasteiger partial charge is 0.159 e. The van der Waals surface area contributed by atoms with Crippen LogP contribution in [-0.2, 0) is 0 Å². The zero-order valence-corrected chi connectivity index (χ0v) is 8.23. The Bertz CT molecular complexity index is 357. The molecule has 1 aromatic carbocycles. The van der Waals surface area contributed by atoms with E-state index in [0.29, 0.717) is 11.8 Å². The largest absolute Gasteiger partial charge is 0.396 e. The van der Waals surface area contributed by atoms with Crippen molar-refractivity contribution >= 4 is 5.78 Å². The topological polar surface area (TPSA) is 37.3 Å². The molecule has 1 aromatic rings. The Balaban J connectivity index is 2.19. The molecule has 1 fully saturated rings. The quantitative estimate of drug-likeness (QED) is 0.740. The van der Waals surface area contributed by atoms with Crippen LogP contribution < -0.4 is 0 Å². The highest BCUT2D eigenvalue weighted by atomic mass is 16.3. The lowest BCUT2D eigenvalue weighted by Gasteiger charge is -2.01. The van der Waals surface area contributed by atoms with Gasteiger partial charge in [0.05, 0.1) is 0 Å². The fraction of sp³-hybridized carbons (Fsp3) is 0.417. The molecule has 0 bridgehead atoms. The van der Waals surface area contributed by atoms with Gasteiger partial charge in [-0.15, -0.1) is 0 Å². The molecule has 1 aliphatic carbocycles. The maximum absolute atomic E-state index is 11.1. The number of aliphatic hydroxyl groups is 1. The third kappa shape index (κ3) is 1.70. The summed E-state index contributed by atoms with van der Waals surface area (Å²) in [7, 11) is 0. The summed E-state index contributed by atoms with van der Waals surface area (Å²) in [6.45, 7) is 1.84. The third-order valence-electron chi connectivity index (χ3n) is 2.88. The average molecular weight is 190 g/mol. The zero-order valence-electron chi connectivity index (χ0n) is 8.23. The van der Waals surface area contributed by atoms with Crippen LogP contribution in [-0.4, -0.2) is 17.5 Å². The van der Waals surface area contributed by atoms with Crippen LogP contribution in [0.5, 0.6) is 0 Å². The molecule has 1 saturated carbocycles. The molecule has 0 saturated heterocycles. The highest BCUT2D eigenvalue weighted by Gasteiger charge is 2.37. The van der Waals surface area contributed by atoms with Gasteiger partial charge in [-0.25, -0.2) is 0 Å². The molecule has 2 heteroatoms. The van der Waals surface area contributed by atoms with Crippen LogP contribution in [0.4, 0.5) is 0 Å². The summed E-state index contributed by atoms with van der Waals surface area (Å²) in [5.74, 6) is 0.990. The molecule has 1 aliphatic rings. The highest BCUT2D eigenvalue weighted by Crippen LogP contribution is 2.46. The second kappa shape index (κ2) is 3.54. The predicted molar refractivity (Wildman–Crippen MR) is 54.4 cm³/mol. The lowest BCUT2D eigenvalue weighted by molar-refractivity contribution is 0.101. The number of hydrogen-bond acceptors (Lipinski definition) is 2. The maximum atomic E-state index is 11.1. The van der Waals surface area contributed by atoms with Crippen LogP contribution in [0.25, 0.3) is 0 Å². The summed E-state index contributed by atoms with van der Waals surface area (Å²) in [5, 5.41) is 8.95. The minimum Gasteiger partial charge on any atom is -0.396 e. The molecule has 0 amide bonds. The van der Waals surface area contributed by atoms with Crippen LogP contribution in [0.15, 0.2) is 24.3 Å². The summed E-state index contributed by atoms with van der Waals surface area (Å²) in [4.78, 5) is 11.1. The van der Waals surface area contributed by atoms with Crippen LogP contribution in [0, 0.1) is 5.92 Å². The van der Waals surface area contributed by atoms with E-state index in [1.54, 1.807) is 6.92 Å². The molecule has 14 heavy (non-hydrogen) atoms. The highest BCUT2D eigenvalue weighted by molar-refractivity contribution is 5.94. The molecule has 2 nitrogen and oxygen atoms in total. The normalized spacial score (nSPS) is 24.7. The summed E-state index contributed by atoms with van der Waals surface area (Å²) in [6, 6.07) is 7.73. The fourth-order valence-corrected chi connectivity index (χ4v) is 1.85. The van der Waals surface area contributed by atoms with Crippen molar-refractivity contribution in [2.45, 2.75) is 19.3 Å². The van der Waals surface area contributed by atoms with E-state index < -0.39 is 0 Å². The summed E-state index contributed by atoms with van der Waals surface area (Å²) >= 11 is 0. The lowest BCUT2D eigenvalue weighted by Crippen LogP contribution is -1.94. The van der Waals surface area contributed by atoms with Gasteiger partial charge in [-0.3, -0.25) is 4.79 Å². The second-order valence-corrected chi connectivity index (χ2v) is 3.97. The van der Waals surface area contributed by atoms with Crippen molar-refractivity contribution in [2.75, 3.05) is 6.61 Å². The van der Waals surface area contributed by atoms with E-state index in [9.17, 15) is 4.79 Å². The maximum Gasteiger partial charge on any atom is 0.159 e. The first-order chi connectivity index (χ1) is 6.72. The van der Waals surface area contributed by atoms with Crippen molar-refractivity contribution in [1.82, 2.24) is 0 Å². The minimum atomic E-state index is 0.105. The van der Waals surface area contributed by atoms with Gasteiger partial charge in [0, 0.05) is 12.2 Å². The Morgan fingerprint density at radius 1 is 1.57 bits per heavy atom. The van der Waals surface area contributed by atoms with Gasteiger partial charge in [-0.05, 0) is 36.8 Å². The van der Waals surface area contributed by atoms with E-state index >= 15 is 0 Å². The molecule has 0 aliphatic heterocycles. The monoisotopic (exact) mass is 190 g/mol. The Kier molecular flexibility index (Phi) is 2.38. The van der Waals surface area contributed by atoms with E-state index in [0.717, 1.165) is 12.0 Å². The molecule has 1 N–H and O–H groups in total. The number of rotatable bonds is 3.